The normalized spacial score (nSPS) is 15.0. The fourth-order valence-electron chi connectivity index (χ4n) is 3.44. The van der Waals surface area contributed by atoms with Crippen LogP contribution >= 0.6 is 11.8 Å². The Bertz CT molecular complexity index is 1090. The van der Waals surface area contributed by atoms with Crippen LogP contribution in [-0.2, 0) is 4.79 Å². The van der Waals surface area contributed by atoms with E-state index in [1.807, 2.05) is 69.3 Å². The first-order valence-corrected chi connectivity index (χ1v) is 11.2. The van der Waals surface area contributed by atoms with E-state index in [0.717, 1.165) is 22.6 Å². The van der Waals surface area contributed by atoms with Crippen molar-refractivity contribution in [2.45, 2.75) is 45.2 Å². The number of hydrogen-bond acceptors (Lipinski definition) is 7. The summed E-state index contributed by atoms with van der Waals surface area (Å²) in [5, 5.41) is 9.16. The summed E-state index contributed by atoms with van der Waals surface area (Å²) in [4.78, 5) is 19.0. The number of aromatic nitrogens is 3. The van der Waals surface area contributed by atoms with E-state index in [2.05, 4.69) is 15.2 Å². The molecule has 31 heavy (non-hydrogen) atoms. The van der Waals surface area contributed by atoms with Crippen LogP contribution in [0.2, 0.25) is 0 Å². The van der Waals surface area contributed by atoms with Crippen LogP contribution in [-0.4, -0.2) is 32.9 Å². The predicted octanol–water partition coefficient (Wildman–Crippen LogP) is 4.88. The summed E-state index contributed by atoms with van der Waals surface area (Å²) in [7, 11) is 0. The third-order valence-electron chi connectivity index (χ3n) is 4.66. The highest BCUT2D eigenvalue weighted by Crippen LogP contribution is 2.43. The Kier molecular flexibility index (Phi) is 6.08. The van der Waals surface area contributed by atoms with Gasteiger partial charge in [0, 0.05) is 18.1 Å². The van der Waals surface area contributed by atoms with Crippen molar-refractivity contribution in [1.29, 1.82) is 0 Å². The Hall–Kier alpha value is -3.13. The van der Waals surface area contributed by atoms with E-state index in [1.165, 1.54) is 18.7 Å². The van der Waals surface area contributed by atoms with Gasteiger partial charge >= 0.3 is 0 Å². The van der Waals surface area contributed by atoms with Crippen molar-refractivity contribution in [3.8, 4) is 22.9 Å². The third-order valence-corrected chi connectivity index (χ3v) is 5.38. The summed E-state index contributed by atoms with van der Waals surface area (Å²) < 4.78 is 12.1. The summed E-state index contributed by atoms with van der Waals surface area (Å²) in [5.41, 5.74) is 2.78. The van der Waals surface area contributed by atoms with Crippen LogP contribution in [0.25, 0.3) is 11.3 Å². The second kappa shape index (κ2) is 8.93. The van der Waals surface area contributed by atoms with Crippen LogP contribution in [0.3, 0.4) is 0 Å². The quantitative estimate of drug-likeness (QED) is 0.527. The van der Waals surface area contributed by atoms with Crippen LogP contribution in [0.5, 0.6) is 11.6 Å². The summed E-state index contributed by atoms with van der Waals surface area (Å²) in [6, 6.07) is 15.1. The monoisotopic (exact) mass is 436 g/mol. The number of benzene rings is 2. The Labute approximate surface area is 185 Å². The van der Waals surface area contributed by atoms with Crippen molar-refractivity contribution in [1.82, 2.24) is 15.2 Å². The molecule has 0 spiro atoms. The number of para-hydroxylation sites is 1. The smallest absolute Gasteiger partial charge is 0.247 e. The van der Waals surface area contributed by atoms with Gasteiger partial charge in [0.15, 0.2) is 5.69 Å². The van der Waals surface area contributed by atoms with Crippen molar-refractivity contribution in [2.24, 2.45) is 0 Å². The lowest BCUT2D eigenvalue weighted by Gasteiger charge is -2.30. The predicted molar refractivity (Wildman–Crippen MR) is 120 cm³/mol. The zero-order valence-electron chi connectivity index (χ0n) is 17.9. The molecule has 1 aromatic heterocycles. The fourth-order valence-corrected chi connectivity index (χ4v) is 3.95. The second-order valence-corrected chi connectivity index (χ2v) is 8.52. The van der Waals surface area contributed by atoms with E-state index >= 15 is 0 Å². The van der Waals surface area contributed by atoms with Crippen LogP contribution in [0, 0.1) is 0 Å². The van der Waals surface area contributed by atoms with Crippen LogP contribution < -0.4 is 14.4 Å². The number of carbonyl (C=O) groups is 1. The van der Waals surface area contributed by atoms with E-state index < -0.39 is 6.23 Å². The molecule has 1 unspecified atom stereocenters. The lowest BCUT2D eigenvalue weighted by molar-refractivity contribution is -0.118. The minimum absolute atomic E-state index is 0.0738. The Morgan fingerprint density at radius 3 is 2.58 bits per heavy atom. The number of amides is 1. The molecule has 2 aromatic carbocycles. The number of nitrogens with zero attached hydrogens (tertiary/aromatic N) is 4. The molecule has 1 aliphatic rings. The summed E-state index contributed by atoms with van der Waals surface area (Å²) in [6.45, 7) is 7.51. The fraction of sp³-hybridized carbons (Fsp3) is 0.304. The van der Waals surface area contributed by atoms with Gasteiger partial charge in [-0.15, -0.1) is 10.2 Å². The van der Waals surface area contributed by atoms with Gasteiger partial charge in [-0.05, 0) is 49.9 Å². The van der Waals surface area contributed by atoms with Gasteiger partial charge in [-0.1, -0.05) is 36.9 Å². The molecule has 3 aromatic rings. The average Bonchev–Trinajstić information content (AvgIpc) is 2.88. The molecular formula is C23H24N4O3S. The first-order valence-electron chi connectivity index (χ1n) is 10.2. The van der Waals surface area contributed by atoms with Crippen molar-refractivity contribution in [2.75, 3.05) is 10.7 Å². The summed E-state index contributed by atoms with van der Waals surface area (Å²) in [5.74, 6) is 1.78. The lowest BCUT2D eigenvalue weighted by Crippen LogP contribution is -2.36. The number of hydrogen-bond donors (Lipinski definition) is 0. The summed E-state index contributed by atoms with van der Waals surface area (Å²) in [6.07, 6.45) is -0.631. The maximum absolute atomic E-state index is 12.8. The molecule has 0 saturated carbocycles. The molecule has 0 radical (unpaired) electrons. The molecule has 0 saturated heterocycles. The molecule has 160 valence electrons. The standard InChI is InChI=1S/C23H24N4O3S/c1-5-31-23-24-21-20(25-26-23)18-8-6-7-9-19(18)27(15(4)28)22(30-21)16-10-12-17(13-11-16)29-14(2)3/h6-14,22H,5H2,1-4H3. The minimum atomic E-state index is -0.704. The second-order valence-electron chi connectivity index (χ2n) is 7.29. The average molecular weight is 437 g/mol. The number of fused-ring (bicyclic) bond motifs is 3. The number of carbonyl (C=O) groups excluding carboxylic acids is 1. The zero-order chi connectivity index (χ0) is 22.0. The van der Waals surface area contributed by atoms with Gasteiger partial charge in [-0.2, -0.15) is 4.98 Å². The number of ether oxygens (including phenoxy) is 2. The van der Waals surface area contributed by atoms with E-state index in [-0.39, 0.29) is 12.0 Å². The Morgan fingerprint density at radius 1 is 1.16 bits per heavy atom. The van der Waals surface area contributed by atoms with Crippen molar-refractivity contribution in [3.05, 3.63) is 54.1 Å². The Balaban J connectivity index is 1.84. The first-order chi connectivity index (χ1) is 15.0. The van der Waals surface area contributed by atoms with Gasteiger partial charge in [0.2, 0.25) is 23.2 Å². The highest BCUT2D eigenvalue weighted by molar-refractivity contribution is 7.99. The molecule has 0 bridgehead atoms. The third kappa shape index (κ3) is 4.34. The minimum Gasteiger partial charge on any atom is -0.491 e. The van der Waals surface area contributed by atoms with Gasteiger partial charge in [0.05, 0.1) is 11.8 Å². The van der Waals surface area contributed by atoms with Crippen molar-refractivity contribution in [3.63, 3.8) is 0 Å². The zero-order valence-corrected chi connectivity index (χ0v) is 18.7. The van der Waals surface area contributed by atoms with Crippen molar-refractivity contribution >= 4 is 23.4 Å². The van der Waals surface area contributed by atoms with Crippen LogP contribution in [0.4, 0.5) is 5.69 Å². The molecule has 2 heterocycles. The molecule has 1 amide bonds. The van der Waals surface area contributed by atoms with Gasteiger partial charge in [0.25, 0.3) is 0 Å². The van der Waals surface area contributed by atoms with E-state index in [1.54, 1.807) is 4.90 Å². The van der Waals surface area contributed by atoms with Crippen LogP contribution in [0.15, 0.2) is 53.7 Å². The number of thioether (sulfide) groups is 1. The van der Waals surface area contributed by atoms with Crippen molar-refractivity contribution < 1.29 is 14.3 Å². The maximum Gasteiger partial charge on any atom is 0.247 e. The molecule has 0 aliphatic carbocycles. The lowest BCUT2D eigenvalue weighted by atomic mass is 10.1. The summed E-state index contributed by atoms with van der Waals surface area (Å²) >= 11 is 1.49. The molecule has 1 aliphatic heterocycles. The van der Waals surface area contributed by atoms with Crippen LogP contribution in [0.1, 0.15) is 39.5 Å². The molecular weight excluding hydrogens is 412 g/mol. The number of anilines is 1. The SMILES string of the molecule is CCSc1nnc2c(n1)OC(c1ccc(OC(C)C)cc1)N(C(C)=O)c1ccccc1-2. The number of rotatable bonds is 5. The van der Waals surface area contributed by atoms with Gasteiger partial charge in [-0.3, -0.25) is 9.69 Å². The topological polar surface area (TPSA) is 77.4 Å². The highest BCUT2D eigenvalue weighted by atomic mass is 32.2. The van der Waals surface area contributed by atoms with E-state index in [9.17, 15) is 4.79 Å². The molecule has 7 nitrogen and oxygen atoms in total. The van der Waals surface area contributed by atoms with Gasteiger partial charge in [0.1, 0.15) is 5.75 Å². The largest absolute Gasteiger partial charge is 0.491 e. The molecule has 8 heteroatoms. The maximum atomic E-state index is 12.8. The Morgan fingerprint density at radius 2 is 1.90 bits per heavy atom. The first kappa shape index (κ1) is 21.1. The molecule has 0 N–H and O–H groups in total. The molecule has 1 atom stereocenters. The highest BCUT2D eigenvalue weighted by Gasteiger charge is 2.34. The van der Waals surface area contributed by atoms with E-state index in [0.29, 0.717) is 22.4 Å². The molecule has 4 rings (SSSR count). The van der Waals surface area contributed by atoms with E-state index in [4.69, 9.17) is 9.47 Å². The molecule has 0 fully saturated rings. The van der Waals surface area contributed by atoms with Gasteiger partial charge < -0.3 is 9.47 Å². The van der Waals surface area contributed by atoms with Gasteiger partial charge in [-0.25, -0.2) is 0 Å².